The summed E-state index contributed by atoms with van der Waals surface area (Å²) in [6.45, 7) is 2.97. The number of aromatic nitrogens is 3. The molecular weight excluding hydrogens is 271 g/mol. The van der Waals surface area contributed by atoms with Crippen LogP contribution in [0.3, 0.4) is 0 Å². The van der Waals surface area contributed by atoms with Crippen molar-refractivity contribution in [1.29, 1.82) is 0 Å². The first-order valence-electron chi connectivity index (χ1n) is 5.77. The van der Waals surface area contributed by atoms with E-state index in [1.807, 2.05) is 12.1 Å². The van der Waals surface area contributed by atoms with Gasteiger partial charge < -0.3 is 5.32 Å². The molecule has 0 fully saturated rings. The highest BCUT2D eigenvalue weighted by Crippen LogP contribution is 2.32. The number of hydrogen-bond acceptors (Lipinski definition) is 3. The lowest BCUT2D eigenvalue weighted by Gasteiger charge is -2.18. The molecular formula is C12H14Cl2N4. The zero-order valence-electron chi connectivity index (χ0n) is 9.95. The lowest BCUT2D eigenvalue weighted by Crippen LogP contribution is -2.24. The zero-order chi connectivity index (χ0) is 13.0. The van der Waals surface area contributed by atoms with Crippen LogP contribution < -0.4 is 5.32 Å². The summed E-state index contributed by atoms with van der Waals surface area (Å²) in [6.07, 6.45) is 2.71. The van der Waals surface area contributed by atoms with E-state index in [4.69, 9.17) is 23.2 Å². The number of hydrogen-bond donors (Lipinski definition) is 2. The van der Waals surface area contributed by atoms with Crippen molar-refractivity contribution in [2.45, 2.75) is 19.4 Å². The predicted octanol–water partition coefficient (Wildman–Crippen LogP) is 3.20. The maximum atomic E-state index is 6.25. The van der Waals surface area contributed by atoms with Crippen LogP contribution in [0.4, 0.5) is 0 Å². The minimum atomic E-state index is -0.102. The fraction of sp³-hybridized carbons (Fsp3) is 0.333. The summed E-state index contributed by atoms with van der Waals surface area (Å²) in [5, 5.41) is 15.1. The van der Waals surface area contributed by atoms with Crippen LogP contribution in [0, 0.1) is 0 Å². The average Bonchev–Trinajstić information content (AvgIpc) is 2.88. The van der Waals surface area contributed by atoms with E-state index >= 15 is 0 Å². The second-order valence-corrected chi connectivity index (χ2v) is 4.71. The summed E-state index contributed by atoms with van der Waals surface area (Å²) in [4.78, 5) is 0. The van der Waals surface area contributed by atoms with E-state index in [-0.39, 0.29) is 6.04 Å². The minimum absolute atomic E-state index is 0.102. The number of halogens is 2. The van der Waals surface area contributed by atoms with Crippen molar-refractivity contribution in [3.63, 3.8) is 0 Å². The second kappa shape index (κ2) is 6.18. The van der Waals surface area contributed by atoms with Gasteiger partial charge in [0.25, 0.3) is 0 Å². The Morgan fingerprint density at radius 1 is 1.39 bits per heavy atom. The number of rotatable bonds is 5. The molecule has 2 rings (SSSR count). The van der Waals surface area contributed by atoms with Crippen LogP contribution in [0.15, 0.2) is 24.4 Å². The first kappa shape index (κ1) is 13.3. The Morgan fingerprint density at radius 2 is 2.22 bits per heavy atom. The molecule has 0 spiro atoms. The van der Waals surface area contributed by atoms with Crippen LogP contribution >= 0.6 is 23.2 Å². The van der Waals surface area contributed by atoms with Gasteiger partial charge in [-0.25, -0.2) is 0 Å². The first-order chi connectivity index (χ1) is 8.74. The van der Waals surface area contributed by atoms with Crippen molar-refractivity contribution in [3.05, 3.63) is 45.7 Å². The van der Waals surface area contributed by atoms with E-state index in [2.05, 4.69) is 27.7 Å². The third kappa shape index (κ3) is 2.83. The SMILES string of the molecule is CCCNC(c1cn[nH]n1)c1cccc(Cl)c1Cl. The van der Waals surface area contributed by atoms with Crippen LogP contribution in [0.25, 0.3) is 0 Å². The van der Waals surface area contributed by atoms with Crippen molar-refractivity contribution in [3.8, 4) is 0 Å². The van der Waals surface area contributed by atoms with Gasteiger partial charge in [0.2, 0.25) is 0 Å². The third-order valence-electron chi connectivity index (χ3n) is 2.62. The van der Waals surface area contributed by atoms with Gasteiger partial charge in [0.1, 0.15) is 5.69 Å². The zero-order valence-corrected chi connectivity index (χ0v) is 11.5. The number of benzene rings is 1. The molecule has 1 heterocycles. The maximum absolute atomic E-state index is 6.25. The van der Waals surface area contributed by atoms with Crippen LogP contribution in [0.1, 0.15) is 30.6 Å². The van der Waals surface area contributed by atoms with E-state index in [1.54, 1.807) is 12.3 Å². The van der Waals surface area contributed by atoms with Gasteiger partial charge in [-0.1, -0.05) is 42.3 Å². The highest BCUT2D eigenvalue weighted by molar-refractivity contribution is 6.42. The molecule has 2 N–H and O–H groups in total. The largest absolute Gasteiger partial charge is 0.305 e. The van der Waals surface area contributed by atoms with Crippen LogP contribution in [-0.2, 0) is 0 Å². The van der Waals surface area contributed by atoms with Gasteiger partial charge in [-0.3, -0.25) is 0 Å². The molecule has 1 aromatic carbocycles. The third-order valence-corrected chi connectivity index (χ3v) is 3.45. The van der Waals surface area contributed by atoms with Crippen molar-refractivity contribution in [2.75, 3.05) is 6.54 Å². The van der Waals surface area contributed by atoms with Gasteiger partial charge in [-0.05, 0) is 24.6 Å². The predicted molar refractivity (Wildman–Crippen MR) is 73.0 cm³/mol. The van der Waals surface area contributed by atoms with E-state index in [0.29, 0.717) is 10.0 Å². The quantitative estimate of drug-likeness (QED) is 0.887. The summed E-state index contributed by atoms with van der Waals surface area (Å²) in [6, 6.07) is 5.49. The smallest absolute Gasteiger partial charge is 0.104 e. The summed E-state index contributed by atoms with van der Waals surface area (Å²) in [7, 11) is 0. The Balaban J connectivity index is 2.37. The maximum Gasteiger partial charge on any atom is 0.104 e. The Morgan fingerprint density at radius 3 is 2.89 bits per heavy atom. The fourth-order valence-corrected chi connectivity index (χ4v) is 2.17. The molecule has 6 heteroatoms. The van der Waals surface area contributed by atoms with Crippen molar-refractivity contribution in [2.24, 2.45) is 0 Å². The van der Waals surface area contributed by atoms with Crippen molar-refractivity contribution in [1.82, 2.24) is 20.7 Å². The number of H-pyrrole nitrogens is 1. The molecule has 1 atom stereocenters. The molecule has 0 amide bonds. The Bertz CT molecular complexity index is 499. The monoisotopic (exact) mass is 284 g/mol. The second-order valence-electron chi connectivity index (χ2n) is 3.93. The summed E-state index contributed by atoms with van der Waals surface area (Å²) in [5.41, 5.74) is 1.71. The van der Waals surface area contributed by atoms with Gasteiger partial charge in [-0.15, -0.1) is 0 Å². The van der Waals surface area contributed by atoms with Gasteiger partial charge in [0.15, 0.2) is 0 Å². The normalized spacial score (nSPS) is 12.6. The Kier molecular flexibility index (Phi) is 4.58. The Hall–Kier alpha value is -1.10. The average molecular weight is 285 g/mol. The van der Waals surface area contributed by atoms with Gasteiger partial charge in [0, 0.05) is 0 Å². The Labute approximate surface area is 116 Å². The van der Waals surface area contributed by atoms with Crippen molar-refractivity contribution >= 4 is 23.2 Å². The summed E-state index contributed by atoms with van der Waals surface area (Å²) in [5.74, 6) is 0. The summed E-state index contributed by atoms with van der Waals surface area (Å²) < 4.78 is 0. The van der Waals surface area contributed by atoms with Crippen LogP contribution in [0.5, 0.6) is 0 Å². The van der Waals surface area contributed by atoms with E-state index < -0.39 is 0 Å². The van der Waals surface area contributed by atoms with E-state index in [9.17, 15) is 0 Å². The van der Waals surface area contributed by atoms with Gasteiger partial charge in [-0.2, -0.15) is 15.4 Å². The topological polar surface area (TPSA) is 53.6 Å². The van der Waals surface area contributed by atoms with Crippen LogP contribution in [0.2, 0.25) is 10.0 Å². The van der Waals surface area contributed by atoms with Crippen molar-refractivity contribution < 1.29 is 0 Å². The van der Waals surface area contributed by atoms with E-state index in [1.165, 1.54) is 0 Å². The molecule has 18 heavy (non-hydrogen) atoms. The lowest BCUT2D eigenvalue weighted by molar-refractivity contribution is 0.585. The highest BCUT2D eigenvalue weighted by atomic mass is 35.5. The standard InChI is InChI=1S/C12H14Cl2N4/c1-2-6-15-12(10-7-16-18-17-10)8-4-3-5-9(13)11(8)14/h3-5,7,12,15H,2,6H2,1H3,(H,16,17,18). The molecule has 1 unspecified atom stereocenters. The van der Waals surface area contributed by atoms with Gasteiger partial charge >= 0.3 is 0 Å². The molecule has 0 radical (unpaired) electrons. The molecule has 0 saturated heterocycles. The van der Waals surface area contributed by atoms with Gasteiger partial charge in [0.05, 0.1) is 22.3 Å². The molecule has 0 aliphatic rings. The number of aromatic amines is 1. The molecule has 0 bridgehead atoms. The molecule has 0 saturated carbocycles. The van der Waals surface area contributed by atoms with E-state index in [0.717, 1.165) is 24.2 Å². The van der Waals surface area contributed by atoms with Crippen LogP contribution in [-0.4, -0.2) is 22.0 Å². The fourth-order valence-electron chi connectivity index (χ4n) is 1.76. The molecule has 96 valence electrons. The highest BCUT2D eigenvalue weighted by Gasteiger charge is 2.19. The minimum Gasteiger partial charge on any atom is -0.305 e. The lowest BCUT2D eigenvalue weighted by atomic mass is 10.0. The first-order valence-corrected chi connectivity index (χ1v) is 6.52. The molecule has 2 aromatic rings. The molecule has 0 aliphatic carbocycles. The number of nitrogens with zero attached hydrogens (tertiary/aromatic N) is 2. The molecule has 4 nitrogen and oxygen atoms in total. The summed E-state index contributed by atoms with van der Waals surface area (Å²) >= 11 is 12.3. The molecule has 1 aromatic heterocycles. The number of nitrogens with one attached hydrogen (secondary N) is 2. The molecule has 0 aliphatic heterocycles.